The summed E-state index contributed by atoms with van der Waals surface area (Å²) < 4.78 is 26.2. The van der Waals surface area contributed by atoms with Gasteiger partial charge in [0.1, 0.15) is 5.82 Å². The number of aliphatic imine (C=N–C) groups is 1. The van der Waals surface area contributed by atoms with E-state index in [4.69, 9.17) is 11.6 Å². The van der Waals surface area contributed by atoms with Gasteiger partial charge in [0.05, 0.1) is 0 Å². The quantitative estimate of drug-likeness (QED) is 0.587. The second-order valence-corrected chi connectivity index (χ2v) is 9.51. The highest BCUT2D eigenvalue weighted by atomic mass is 35.5. The molecule has 4 nitrogen and oxygen atoms in total. The largest absolute Gasteiger partial charge is 0.354 e. The molecule has 2 N–H and O–H groups in total. The first kappa shape index (κ1) is 19.6. The van der Waals surface area contributed by atoms with E-state index in [1.165, 1.54) is 6.07 Å². The predicted octanol–water partition coefficient (Wildman–Crippen LogP) is 3.58. The number of nitrogens with zero attached hydrogens (tertiary/aromatic N) is 1. The number of benzene rings is 1. The Balaban J connectivity index is 1.56. The molecule has 5 unspecified atom stereocenters. The Hall–Kier alpha value is -1.14. The molecule has 0 spiro atoms. The van der Waals surface area contributed by atoms with Crippen molar-refractivity contribution in [1.29, 1.82) is 0 Å². The fourth-order valence-corrected chi connectivity index (χ4v) is 5.48. The maximum atomic E-state index is 14.1. The molecule has 1 aromatic carbocycles. The van der Waals surface area contributed by atoms with Gasteiger partial charge < -0.3 is 10.6 Å². The van der Waals surface area contributed by atoms with Crippen LogP contribution in [0.2, 0.25) is 5.02 Å². The summed E-state index contributed by atoms with van der Waals surface area (Å²) in [6, 6.07) is 5.24. The van der Waals surface area contributed by atoms with E-state index in [2.05, 4.69) is 15.6 Å². The lowest BCUT2D eigenvalue weighted by Gasteiger charge is -2.30. The number of guanidine groups is 1. The predicted molar refractivity (Wildman–Crippen MR) is 107 cm³/mol. The van der Waals surface area contributed by atoms with Crippen molar-refractivity contribution in [2.75, 3.05) is 12.8 Å². The zero-order valence-corrected chi connectivity index (χ0v) is 16.9. The fourth-order valence-electron chi connectivity index (χ4n) is 3.83. The molecular formula is C19H27ClFN3OS. The first-order chi connectivity index (χ1) is 12.5. The van der Waals surface area contributed by atoms with Crippen LogP contribution in [0.1, 0.15) is 50.5 Å². The lowest BCUT2D eigenvalue weighted by atomic mass is 9.95. The van der Waals surface area contributed by atoms with E-state index in [0.29, 0.717) is 10.6 Å². The number of rotatable bonds is 5. The van der Waals surface area contributed by atoms with Crippen molar-refractivity contribution in [3.8, 4) is 0 Å². The van der Waals surface area contributed by atoms with Gasteiger partial charge in [-0.2, -0.15) is 0 Å². The summed E-state index contributed by atoms with van der Waals surface area (Å²) in [5, 5.41) is 7.61. The molecule has 26 heavy (non-hydrogen) atoms. The summed E-state index contributed by atoms with van der Waals surface area (Å²) in [7, 11) is 1.00. The molecule has 0 saturated heterocycles. The molecule has 3 rings (SSSR count). The van der Waals surface area contributed by atoms with E-state index in [9.17, 15) is 8.60 Å². The average Bonchev–Trinajstić information content (AvgIpc) is 3.39. The van der Waals surface area contributed by atoms with Crippen LogP contribution in [0.5, 0.6) is 0 Å². The lowest BCUT2D eigenvalue weighted by molar-refractivity contribution is 0.413. The Labute approximate surface area is 162 Å². The van der Waals surface area contributed by atoms with Crippen molar-refractivity contribution in [1.82, 2.24) is 10.6 Å². The van der Waals surface area contributed by atoms with E-state index >= 15 is 0 Å². The van der Waals surface area contributed by atoms with Crippen LogP contribution >= 0.6 is 11.6 Å². The maximum Gasteiger partial charge on any atom is 0.191 e. The first-order valence-electron chi connectivity index (χ1n) is 9.34. The highest BCUT2D eigenvalue weighted by molar-refractivity contribution is 7.85. The minimum Gasteiger partial charge on any atom is -0.354 e. The van der Waals surface area contributed by atoms with Gasteiger partial charge in [0.2, 0.25) is 0 Å². The van der Waals surface area contributed by atoms with Crippen LogP contribution in [0.15, 0.2) is 23.2 Å². The van der Waals surface area contributed by atoms with Crippen LogP contribution in [0.3, 0.4) is 0 Å². The van der Waals surface area contributed by atoms with Crippen LogP contribution in [0, 0.1) is 5.82 Å². The summed E-state index contributed by atoms with van der Waals surface area (Å²) in [5.74, 6) is 1.29. The molecule has 2 aliphatic carbocycles. The van der Waals surface area contributed by atoms with E-state index < -0.39 is 10.8 Å². The minimum atomic E-state index is -0.742. The molecule has 0 aliphatic heterocycles. The SMILES string of the molecule is CCS(=O)C1CCCC(NC(=NC)NC2CC2c2c(F)cccc2Cl)C1. The third kappa shape index (κ3) is 4.58. The molecule has 2 aliphatic rings. The third-order valence-electron chi connectivity index (χ3n) is 5.33. The van der Waals surface area contributed by atoms with Gasteiger partial charge in [-0.05, 0) is 37.8 Å². The van der Waals surface area contributed by atoms with Crippen LogP contribution in [0.4, 0.5) is 4.39 Å². The van der Waals surface area contributed by atoms with Gasteiger partial charge in [-0.25, -0.2) is 4.39 Å². The Morgan fingerprint density at radius 1 is 1.35 bits per heavy atom. The first-order valence-corrected chi connectivity index (χ1v) is 11.1. The second kappa shape index (κ2) is 8.70. The molecule has 2 fully saturated rings. The van der Waals surface area contributed by atoms with Crippen molar-refractivity contribution in [2.24, 2.45) is 4.99 Å². The normalized spacial score (nSPS) is 29.9. The topological polar surface area (TPSA) is 53.5 Å². The van der Waals surface area contributed by atoms with Gasteiger partial charge in [0, 0.05) is 57.4 Å². The third-order valence-corrected chi connectivity index (χ3v) is 7.40. The Bertz CT molecular complexity index is 679. The van der Waals surface area contributed by atoms with E-state index in [1.54, 1.807) is 19.2 Å². The van der Waals surface area contributed by atoms with Crippen molar-refractivity contribution >= 4 is 28.4 Å². The number of nitrogens with one attached hydrogen (secondary N) is 2. The van der Waals surface area contributed by atoms with Crippen LogP contribution in [0.25, 0.3) is 0 Å². The van der Waals surface area contributed by atoms with Crippen LogP contribution in [-0.4, -0.2) is 40.3 Å². The second-order valence-electron chi connectivity index (χ2n) is 7.10. The van der Waals surface area contributed by atoms with E-state index in [0.717, 1.165) is 43.8 Å². The van der Waals surface area contributed by atoms with E-state index in [1.807, 2.05) is 6.92 Å². The molecule has 5 atom stereocenters. The van der Waals surface area contributed by atoms with Crippen LogP contribution < -0.4 is 10.6 Å². The molecule has 0 radical (unpaired) electrons. The summed E-state index contributed by atoms with van der Waals surface area (Å²) in [6.07, 6.45) is 4.94. The molecule has 7 heteroatoms. The molecule has 0 heterocycles. The van der Waals surface area contributed by atoms with Gasteiger partial charge in [0.25, 0.3) is 0 Å². The average molecular weight is 400 g/mol. The zero-order chi connectivity index (χ0) is 18.7. The Morgan fingerprint density at radius 3 is 2.85 bits per heavy atom. The molecule has 2 saturated carbocycles. The van der Waals surface area contributed by atoms with Crippen molar-refractivity contribution in [3.63, 3.8) is 0 Å². The standard InChI is InChI=1S/C19H27ClFN3OS/c1-3-26(25)13-7-4-6-12(10-13)23-19(22-2)24-17-11-14(17)18-15(20)8-5-9-16(18)21/h5,8-9,12-14,17H,3-4,6-7,10-11H2,1-2H3,(H2,22,23,24). The number of hydrogen-bond donors (Lipinski definition) is 2. The smallest absolute Gasteiger partial charge is 0.191 e. The molecule has 0 amide bonds. The number of hydrogen-bond acceptors (Lipinski definition) is 2. The van der Waals surface area contributed by atoms with Gasteiger partial charge >= 0.3 is 0 Å². The Morgan fingerprint density at radius 2 is 2.15 bits per heavy atom. The molecule has 0 bridgehead atoms. The number of halogens is 2. The summed E-state index contributed by atoms with van der Waals surface area (Å²) in [6.45, 7) is 1.98. The molecule has 144 valence electrons. The minimum absolute atomic E-state index is 0.0777. The zero-order valence-electron chi connectivity index (χ0n) is 15.3. The van der Waals surface area contributed by atoms with Crippen molar-refractivity contribution in [3.05, 3.63) is 34.6 Å². The Kier molecular flexibility index (Phi) is 6.56. The highest BCUT2D eigenvalue weighted by Crippen LogP contribution is 2.44. The van der Waals surface area contributed by atoms with Gasteiger partial charge in [-0.3, -0.25) is 9.20 Å². The molecular weight excluding hydrogens is 373 g/mol. The van der Waals surface area contributed by atoms with Gasteiger partial charge in [-0.15, -0.1) is 0 Å². The summed E-state index contributed by atoms with van der Waals surface area (Å²) in [4.78, 5) is 4.32. The van der Waals surface area contributed by atoms with Crippen molar-refractivity contribution in [2.45, 2.75) is 62.3 Å². The molecule has 1 aromatic rings. The van der Waals surface area contributed by atoms with Crippen molar-refractivity contribution < 1.29 is 8.60 Å². The lowest BCUT2D eigenvalue weighted by Crippen LogP contribution is -2.47. The molecule has 0 aromatic heterocycles. The summed E-state index contributed by atoms with van der Waals surface area (Å²) in [5.41, 5.74) is 0.596. The highest BCUT2D eigenvalue weighted by Gasteiger charge is 2.42. The van der Waals surface area contributed by atoms with Crippen LogP contribution in [-0.2, 0) is 10.8 Å². The van der Waals surface area contributed by atoms with Gasteiger partial charge in [-0.1, -0.05) is 31.0 Å². The fraction of sp³-hybridized carbons (Fsp3) is 0.632. The maximum absolute atomic E-state index is 14.1. The van der Waals surface area contributed by atoms with E-state index in [-0.39, 0.29) is 29.1 Å². The van der Waals surface area contributed by atoms with Gasteiger partial charge in [0.15, 0.2) is 5.96 Å². The summed E-state index contributed by atoms with van der Waals surface area (Å²) >= 11 is 6.17. The monoisotopic (exact) mass is 399 g/mol.